The third-order valence-corrected chi connectivity index (χ3v) is 5.18. The highest BCUT2D eigenvalue weighted by Gasteiger charge is 2.45. The molecular weight excluding hydrogens is 264 g/mol. The van der Waals surface area contributed by atoms with Gasteiger partial charge in [0.1, 0.15) is 0 Å². The zero-order chi connectivity index (χ0) is 14.8. The van der Waals surface area contributed by atoms with E-state index in [1.807, 2.05) is 11.8 Å². The van der Waals surface area contributed by atoms with Crippen LogP contribution in [0.15, 0.2) is 0 Å². The number of hydrogen-bond donors (Lipinski definition) is 2. The summed E-state index contributed by atoms with van der Waals surface area (Å²) in [6.07, 6.45) is 0. The zero-order valence-corrected chi connectivity index (χ0v) is 13.1. The second kappa shape index (κ2) is 5.61. The molecule has 2 N–H and O–H groups in total. The number of thioether (sulfide) groups is 1. The number of carboxylic acid groups (broad SMARTS) is 1. The van der Waals surface area contributed by atoms with Crippen molar-refractivity contribution in [3.05, 3.63) is 0 Å². The number of carbonyl (C=O) groups excluding carboxylic acids is 1. The Balaban J connectivity index is 2.72. The molecule has 1 aliphatic rings. The topological polar surface area (TPSA) is 69.6 Å². The highest BCUT2D eigenvalue weighted by atomic mass is 32.2. The lowest BCUT2D eigenvalue weighted by molar-refractivity contribution is -0.150. The molecule has 1 fully saturated rings. The molecule has 19 heavy (non-hydrogen) atoms. The van der Waals surface area contributed by atoms with E-state index in [4.69, 9.17) is 0 Å². The van der Waals surface area contributed by atoms with Crippen molar-refractivity contribution in [2.45, 2.75) is 45.4 Å². The fraction of sp³-hybridized carbons (Fsp3) is 0.846. The van der Waals surface area contributed by atoms with Crippen molar-refractivity contribution in [3.63, 3.8) is 0 Å². The summed E-state index contributed by atoms with van der Waals surface area (Å²) >= 11 is 1.85. The van der Waals surface area contributed by atoms with Crippen LogP contribution in [0.1, 0.15) is 34.6 Å². The van der Waals surface area contributed by atoms with Gasteiger partial charge in [-0.1, -0.05) is 6.92 Å². The molecular formula is C13H24N2O3S. The van der Waals surface area contributed by atoms with E-state index in [-0.39, 0.29) is 6.03 Å². The summed E-state index contributed by atoms with van der Waals surface area (Å²) in [4.78, 5) is 25.3. The van der Waals surface area contributed by atoms with Gasteiger partial charge in [-0.05, 0) is 27.7 Å². The lowest BCUT2D eigenvalue weighted by Gasteiger charge is -2.41. The third-order valence-electron chi connectivity index (χ3n) is 4.04. The average molecular weight is 288 g/mol. The fourth-order valence-corrected chi connectivity index (χ4v) is 2.79. The van der Waals surface area contributed by atoms with Crippen LogP contribution >= 0.6 is 11.8 Å². The second-order valence-corrected chi connectivity index (χ2v) is 7.66. The van der Waals surface area contributed by atoms with Crippen molar-refractivity contribution in [2.24, 2.45) is 5.41 Å². The Labute approximate surface area is 119 Å². The average Bonchev–Trinajstić information content (AvgIpc) is 2.27. The van der Waals surface area contributed by atoms with Crippen molar-refractivity contribution in [2.75, 3.05) is 18.8 Å². The maximum atomic E-state index is 12.2. The summed E-state index contributed by atoms with van der Waals surface area (Å²) in [6, 6.07) is -0.175. The standard InChI is InChI=1S/C13H24N2O3S/c1-9-8-15(6-7-19-9)11(18)14-13(4,5)12(2,3)10(16)17/h9H,6-8H2,1-5H3,(H,14,18)(H,16,17). The molecule has 1 unspecified atom stereocenters. The summed E-state index contributed by atoms with van der Waals surface area (Å²) in [6.45, 7) is 10.3. The van der Waals surface area contributed by atoms with E-state index in [1.54, 1.807) is 32.6 Å². The summed E-state index contributed by atoms with van der Waals surface area (Å²) in [5.41, 5.74) is -1.84. The molecule has 2 amide bonds. The lowest BCUT2D eigenvalue weighted by atomic mass is 9.74. The number of urea groups is 1. The molecule has 1 aliphatic heterocycles. The van der Waals surface area contributed by atoms with E-state index < -0.39 is 16.9 Å². The second-order valence-electron chi connectivity index (χ2n) is 6.11. The van der Waals surface area contributed by atoms with E-state index in [2.05, 4.69) is 12.2 Å². The molecule has 0 aromatic carbocycles. The van der Waals surface area contributed by atoms with Crippen molar-refractivity contribution >= 4 is 23.8 Å². The number of carboxylic acids is 1. The molecule has 5 nitrogen and oxygen atoms in total. The first-order valence-corrected chi connectivity index (χ1v) is 7.55. The van der Waals surface area contributed by atoms with Gasteiger partial charge in [0, 0.05) is 24.1 Å². The van der Waals surface area contributed by atoms with Gasteiger partial charge < -0.3 is 15.3 Å². The van der Waals surface area contributed by atoms with Crippen LogP contribution in [-0.2, 0) is 4.79 Å². The molecule has 0 aliphatic carbocycles. The monoisotopic (exact) mass is 288 g/mol. The Kier molecular flexibility index (Phi) is 4.76. The summed E-state index contributed by atoms with van der Waals surface area (Å²) in [7, 11) is 0. The first-order valence-electron chi connectivity index (χ1n) is 6.50. The maximum absolute atomic E-state index is 12.2. The summed E-state index contributed by atoms with van der Waals surface area (Å²) < 4.78 is 0. The van der Waals surface area contributed by atoms with Crippen LogP contribution in [-0.4, -0.2) is 51.6 Å². The molecule has 1 rings (SSSR count). The minimum absolute atomic E-state index is 0.175. The van der Waals surface area contributed by atoms with Crippen molar-refractivity contribution in [1.29, 1.82) is 0 Å². The molecule has 1 saturated heterocycles. The van der Waals surface area contributed by atoms with Crippen molar-refractivity contribution in [3.8, 4) is 0 Å². The van der Waals surface area contributed by atoms with Crippen LogP contribution < -0.4 is 5.32 Å². The van der Waals surface area contributed by atoms with Gasteiger partial charge >= 0.3 is 12.0 Å². The number of carbonyl (C=O) groups is 2. The van der Waals surface area contributed by atoms with Gasteiger partial charge in [-0.15, -0.1) is 0 Å². The largest absolute Gasteiger partial charge is 0.481 e. The van der Waals surface area contributed by atoms with E-state index >= 15 is 0 Å². The number of amides is 2. The Morgan fingerprint density at radius 1 is 1.32 bits per heavy atom. The predicted molar refractivity (Wildman–Crippen MR) is 77.5 cm³/mol. The molecule has 6 heteroatoms. The SMILES string of the molecule is CC1CN(C(=O)NC(C)(C)C(C)(C)C(=O)O)CCS1. The molecule has 0 bridgehead atoms. The molecule has 0 aromatic rings. The highest BCUT2D eigenvalue weighted by molar-refractivity contribution is 7.99. The van der Waals surface area contributed by atoms with Crippen LogP contribution in [0.3, 0.4) is 0 Å². The van der Waals surface area contributed by atoms with Gasteiger partial charge in [-0.2, -0.15) is 11.8 Å². The molecule has 0 radical (unpaired) electrons. The number of nitrogens with one attached hydrogen (secondary N) is 1. The minimum atomic E-state index is -1.03. The van der Waals surface area contributed by atoms with E-state index in [9.17, 15) is 14.7 Å². The van der Waals surface area contributed by atoms with Gasteiger partial charge in [0.2, 0.25) is 0 Å². The first-order chi connectivity index (χ1) is 8.58. The Bertz CT molecular complexity index is 369. The van der Waals surface area contributed by atoms with Crippen molar-refractivity contribution < 1.29 is 14.7 Å². The quantitative estimate of drug-likeness (QED) is 0.833. The predicted octanol–water partition coefficient (Wildman–Crippen LogP) is 2.02. The van der Waals surface area contributed by atoms with Crippen molar-refractivity contribution in [1.82, 2.24) is 10.2 Å². The minimum Gasteiger partial charge on any atom is -0.481 e. The van der Waals surface area contributed by atoms with Crippen LogP contribution in [0, 0.1) is 5.41 Å². The zero-order valence-electron chi connectivity index (χ0n) is 12.3. The smallest absolute Gasteiger partial charge is 0.317 e. The molecule has 110 valence electrons. The van der Waals surface area contributed by atoms with Gasteiger partial charge in [0.05, 0.1) is 11.0 Å². The van der Waals surface area contributed by atoms with Gasteiger partial charge in [-0.25, -0.2) is 4.79 Å². The number of nitrogens with zero attached hydrogens (tertiary/aromatic N) is 1. The highest BCUT2D eigenvalue weighted by Crippen LogP contribution is 2.31. The number of rotatable bonds is 3. The molecule has 0 spiro atoms. The molecule has 0 saturated carbocycles. The number of hydrogen-bond acceptors (Lipinski definition) is 3. The van der Waals surface area contributed by atoms with E-state index in [0.717, 1.165) is 5.75 Å². The summed E-state index contributed by atoms with van der Waals surface area (Å²) in [5, 5.41) is 12.6. The fourth-order valence-electron chi connectivity index (χ4n) is 1.77. The van der Waals surface area contributed by atoms with Gasteiger partial charge in [-0.3, -0.25) is 4.79 Å². The van der Waals surface area contributed by atoms with Gasteiger partial charge in [0.15, 0.2) is 0 Å². The molecule has 0 aromatic heterocycles. The van der Waals surface area contributed by atoms with Crippen LogP contribution in [0.5, 0.6) is 0 Å². The lowest BCUT2D eigenvalue weighted by Crippen LogP contribution is -2.60. The summed E-state index contributed by atoms with van der Waals surface area (Å²) in [5.74, 6) is 0.0116. The Morgan fingerprint density at radius 2 is 1.89 bits per heavy atom. The van der Waals surface area contributed by atoms with Crippen LogP contribution in [0.25, 0.3) is 0 Å². The normalized spacial score (nSPS) is 21.1. The van der Waals surface area contributed by atoms with Crippen LogP contribution in [0.4, 0.5) is 4.79 Å². The third kappa shape index (κ3) is 3.55. The molecule has 1 heterocycles. The first kappa shape index (κ1) is 16.1. The molecule has 1 atom stereocenters. The van der Waals surface area contributed by atoms with Gasteiger partial charge in [0.25, 0.3) is 0 Å². The van der Waals surface area contributed by atoms with E-state index in [0.29, 0.717) is 18.3 Å². The Morgan fingerprint density at radius 3 is 2.37 bits per heavy atom. The van der Waals surface area contributed by atoms with E-state index in [1.165, 1.54) is 0 Å². The van der Waals surface area contributed by atoms with Crippen LogP contribution in [0.2, 0.25) is 0 Å². The Hall–Kier alpha value is -0.910. The maximum Gasteiger partial charge on any atom is 0.317 e. The number of aliphatic carboxylic acids is 1.